The van der Waals surface area contributed by atoms with Crippen LogP contribution in [0.3, 0.4) is 0 Å². The molecule has 178 valence electrons. The van der Waals surface area contributed by atoms with Crippen LogP contribution in [0.1, 0.15) is 52.2 Å². The molecule has 1 fully saturated rings. The van der Waals surface area contributed by atoms with E-state index in [4.69, 9.17) is 4.74 Å². The van der Waals surface area contributed by atoms with Crippen LogP contribution in [-0.4, -0.2) is 47.8 Å². The fourth-order valence-corrected chi connectivity index (χ4v) is 5.03. The second-order valence-electron chi connectivity index (χ2n) is 9.62. The van der Waals surface area contributed by atoms with Crippen LogP contribution in [0.5, 0.6) is 0 Å². The van der Waals surface area contributed by atoms with Gasteiger partial charge in [-0.1, -0.05) is 48.5 Å². The first-order valence-corrected chi connectivity index (χ1v) is 11.7. The van der Waals surface area contributed by atoms with E-state index in [1.807, 2.05) is 67.3 Å². The zero-order valence-electron chi connectivity index (χ0n) is 20.0. The number of esters is 1. The summed E-state index contributed by atoms with van der Waals surface area (Å²) >= 11 is 0. The quantitative estimate of drug-likeness (QED) is 0.589. The minimum absolute atomic E-state index is 0.000785. The average Bonchev–Trinajstić information content (AvgIpc) is 3.44. The van der Waals surface area contributed by atoms with E-state index in [1.54, 1.807) is 25.4 Å². The van der Waals surface area contributed by atoms with Gasteiger partial charge >= 0.3 is 5.97 Å². The van der Waals surface area contributed by atoms with Crippen molar-refractivity contribution in [3.63, 3.8) is 0 Å². The Morgan fingerprint density at radius 2 is 1.74 bits per heavy atom. The van der Waals surface area contributed by atoms with Gasteiger partial charge in [0, 0.05) is 37.3 Å². The second-order valence-corrected chi connectivity index (χ2v) is 9.62. The number of ether oxygens (including phenoxy) is 1. The number of pyridine rings is 1. The monoisotopic (exact) mass is 469 g/mol. The summed E-state index contributed by atoms with van der Waals surface area (Å²) in [5, 5.41) is 2.56. The first kappa shape index (κ1) is 22.8. The third-order valence-corrected chi connectivity index (χ3v) is 7.14. The van der Waals surface area contributed by atoms with Gasteiger partial charge in [-0.25, -0.2) is 4.79 Å². The number of nitrogens with one attached hydrogen (secondary N) is 1. The molecule has 1 saturated heterocycles. The molecule has 2 aliphatic rings. The number of carbonyl (C=O) groups is 3. The van der Waals surface area contributed by atoms with Crippen LogP contribution in [0.2, 0.25) is 0 Å². The zero-order valence-corrected chi connectivity index (χ0v) is 20.0. The normalized spacial score (nSPS) is 18.9. The van der Waals surface area contributed by atoms with Gasteiger partial charge in [-0.05, 0) is 37.1 Å². The van der Waals surface area contributed by atoms with Crippen molar-refractivity contribution in [2.75, 3.05) is 20.1 Å². The molecular formula is C28H27N3O4. The Hall–Kier alpha value is -4.00. The second kappa shape index (κ2) is 8.34. The number of nitrogens with zero attached hydrogens (tertiary/aromatic N) is 2. The number of hydrogen-bond donors (Lipinski definition) is 1. The SMILES string of the molecule is CNC(=O)c1ccc(-c2ccc(C(C)(C)C(=O)N3CC[C@@]4(C3)OC(=O)c3ccccc34)cc2)cn1. The summed E-state index contributed by atoms with van der Waals surface area (Å²) in [6, 6.07) is 18.8. The molecule has 2 amide bonds. The maximum atomic E-state index is 13.6. The molecule has 7 heteroatoms. The van der Waals surface area contributed by atoms with Crippen molar-refractivity contribution in [2.45, 2.75) is 31.3 Å². The molecule has 35 heavy (non-hydrogen) atoms. The largest absolute Gasteiger partial charge is 0.449 e. The van der Waals surface area contributed by atoms with E-state index >= 15 is 0 Å². The highest BCUT2D eigenvalue weighted by Gasteiger charge is 2.52. The highest BCUT2D eigenvalue weighted by molar-refractivity contribution is 5.95. The third kappa shape index (κ3) is 3.77. The molecule has 0 radical (unpaired) electrons. The Morgan fingerprint density at radius 1 is 1.03 bits per heavy atom. The van der Waals surface area contributed by atoms with Crippen molar-refractivity contribution in [3.8, 4) is 11.1 Å². The summed E-state index contributed by atoms with van der Waals surface area (Å²) in [6.07, 6.45) is 2.26. The van der Waals surface area contributed by atoms with Crippen LogP contribution in [0.25, 0.3) is 11.1 Å². The molecule has 0 bridgehead atoms. The van der Waals surface area contributed by atoms with Gasteiger partial charge in [-0.2, -0.15) is 0 Å². The molecule has 1 spiro atoms. The lowest BCUT2D eigenvalue weighted by Crippen LogP contribution is -2.44. The first-order chi connectivity index (χ1) is 16.7. The van der Waals surface area contributed by atoms with Crippen LogP contribution in [0.4, 0.5) is 0 Å². The highest BCUT2D eigenvalue weighted by Crippen LogP contribution is 2.44. The maximum absolute atomic E-state index is 13.6. The molecule has 1 atom stereocenters. The molecular weight excluding hydrogens is 442 g/mol. The van der Waals surface area contributed by atoms with E-state index in [0.29, 0.717) is 30.8 Å². The number of carbonyl (C=O) groups excluding carboxylic acids is 3. The van der Waals surface area contributed by atoms with Crippen LogP contribution in [-0.2, 0) is 20.5 Å². The van der Waals surface area contributed by atoms with Crippen molar-refractivity contribution in [1.29, 1.82) is 0 Å². The maximum Gasteiger partial charge on any atom is 0.339 e. The van der Waals surface area contributed by atoms with E-state index < -0.39 is 11.0 Å². The lowest BCUT2D eigenvalue weighted by Gasteiger charge is -2.31. The van der Waals surface area contributed by atoms with E-state index in [9.17, 15) is 14.4 Å². The summed E-state index contributed by atoms with van der Waals surface area (Å²) in [5.41, 5.74) is 3.04. The molecule has 2 aromatic carbocycles. The predicted molar refractivity (Wildman–Crippen MR) is 131 cm³/mol. The summed E-state index contributed by atoms with van der Waals surface area (Å²) in [5.74, 6) is -0.548. The van der Waals surface area contributed by atoms with Crippen molar-refractivity contribution in [1.82, 2.24) is 15.2 Å². The fraction of sp³-hybridized carbons (Fsp3) is 0.286. The van der Waals surface area contributed by atoms with E-state index in [-0.39, 0.29) is 17.8 Å². The third-order valence-electron chi connectivity index (χ3n) is 7.14. The van der Waals surface area contributed by atoms with Crippen LogP contribution in [0, 0.1) is 0 Å². The van der Waals surface area contributed by atoms with Gasteiger partial charge in [0.1, 0.15) is 5.69 Å². The van der Waals surface area contributed by atoms with E-state index in [2.05, 4.69) is 10.3 Å². The van der Waals surface area contributed by atoms with Crippen LogP contribution >= 0.6 is 0 Å². The molecule has 3 aromatic rings. The molecule has 1 aromatic heterocycles. The van der Waals surface area contributed by atoms with Gasteiger partial charge in [0.15, 0.2) is 5.60 Å². The van der Waals surface area contributed by atoms with Gasteiger partial charge in [-0.15, -0.1) is 0 Å². The summed E-state index contributed by atoms with van der Waals surface area (Å²) in [7, 11) is 1.57. The minimum Gasteiger partial charge on any atom is -0.449 e. The molecule has 7 nitrogen and oxygen atoms in total. The van der Waals surface area contributed by atoms with Crippen LogP contribution < -0.4 is 5.32 Å². The Morgan fingerprint density at radius 3 is 2.43 bits per heavy atom. The lowest BCUT2D eigenvalue weighted by molar-refractivity contribution is -0.136. The summed E-state index contributed by atoms with van der Waals surface area (Å²) in [4.78, 5) is 43.8. The molecule has 3 heterocycles. The highest BCUT2D eigenvalue weighted by atomic mass is 16.6. The van der Waals surface area contributed by atoms with Crippen LogP contribution in [0.15, 0.2) is 66.9 Å². The van der Waals surface area contributed by atoms with E-state index in [1.165, 1.54) is 0 Å². The average molecular weight is 470 g/mol. The Bertz CT molecular complexity index is 1310. The van der Waals surface area contributed by atoms with Gasteiger partial charge in [0.25, 0.3) is 5.91 Å². The van der Waals surface area contributed by atoms with Gasteiger partial charge in [-0.3, -0.25) is 14.6 Å². The number of benzene rings is 2. The minimum atomic E-state index is -0.756. The summed E-state index contributed by atoms with van der Waals surface area (Å²) < 4.78 is 5.81. The van der Waals surface area contributed by atoms with Gasteiger partial charge in [0.2, 0.25) is 5.91 Å². The van der Waals surface area contributed by atoms with Gasteiger partial charge < -0.3 is 15.0 Å². The van der Waals surface area contributed by atoms with Crippen molar-refractivity contribution in [2.24, 2.45) is 0 Å². The Balaban J connectivity index is 1.33. The standard InChI is InChI=1S/C28H27N3O4/c1-27(2,20-11-8-18(9-12-20)19-10-13-23(30-16-19)24(32)29-3)26(34)31-15-14-28(17-31)22-7-5-4-6-21(22)25(33)35-28/h4-13,16H,14-15,17H2,1-3H3,(H,29,32)/t28-/m0/s1. The molecule has 1 N–H and O–H groups in total. The summed E-state index contributed by atoms with van der Waals surface area (Å²) in [6.45, 7) is 4.73. The smallest absolute Gasteiger partial charge is 0.339 e. The Kier molecular flexibility index (Phi) is 5.43. The molecule has 0 aliphatic carbocycles. The van der Waals surface area contributed by atoms with Crippen molar-refractivity contribution >= 4 is 17.8 Å². The first-order valence-electron chi connectivity index (χ1n) is 11.7. The number of fused-ring (bicyclic) bond motifs is 2. The van der Waals surface area contributed by atoms with Gasteiger partial charge in [0.05, 0.1) is 17.5 Å². The Labute approximate surface area is 204 Å². The molecule has 5 rings (SSSR count). The molecule has 0 saturated carbocycles. The number of likely N-dealkylation sites (tertiary alicyclic amines) is 1. The number of aromatic nitrogens is 1. The van der Waals surface area contributed by atoms with Crippen molar-refractivity contribution < 1.29 is 19.1 Å². The predicted octanol–water partition coefficient (Wildman–Crippen LogP) is 3.68. The number of amides is 2. The van der Waals surface area contributed by atoms with Crippen molar-refractivity contribution in [3.05, 3.63) is 89.2 Å². The number of hydrogen-bond acceptors (Lipinski definition) is 5. The molecule has 2 aliphatic heterocycles. The molecule has 0 unspecified atom stereocenters. The zero-order chi connectivity index (χ0) is 24.8. The number of rotatable bonds is 4. The lowest BCUT2D eigenvalue weighted by atomic mass is 9.82. The topological polar surface area (TPSA) is 88.6 Å². The fourth-order valence-electron chi connectivity index (χ4n) is 5.03. The van der Waals surface area contributed by atoms with E-state index in [0.717, 1.165) is 22.3 Å².